The first kappa shape index (κ1) is 20.0. The van der Waals surface area contributed by atoms with E-state index in [4.69, 9.17) is 4.74 Å². The quantitative estimate of drug-likeness (QED) is 0.513. The molecule has 152 valence electrons. The number of halogens is 3. The van der Waals surface area contributed by atoms with Crippen LogP contribution in [0.1, 0.15) is 21.6 Å². The standard InChI is InChI=1S/C23H22F3NOS/c1-28-20-7-4-16-10-12-27(13-11-18(16)14-20)15-21-8-9-22(29-21)17-2-5-19(6-3-17)23(24,25)26/h2-9,14H,10-13,15H2,1H3. The topological polar surface area (TPSA) is 12.5 Å². The molecule has 0 spiro atoms. The number of fused-ring (bicyclic) bond motifs is 1. The second kappa shape index (κ2) is 8.20. The van der Waals surface area contributed by atoms with Gasteiger partial charge in [0.2, 0.25) is 0 Å². The number of nitrogens with zero attached hydrogens (tertiary/aromatic N) is 1. The van der Waals surface area contributed by atoms with Crippen LogP contribution >= 0.6 is 11.3 Å². The summed E-state index contributed by atoms with van der Waals surface area (Å²) in [6.07, 6.45) is -2.30. The lowest BCUT2D eigenvalue weighted by atomic mass is 10.0. The second-order valence-electron chi connectivity index (χ2n) is 7.25. The molecular formula is C23H22F3NOS. The summed E-state index contributed by atoms with van der Waals surface area (Å²) in [4.78, 5) is 4.66. The van der Waals surface area contributed by atoms with Gasteiger partial charge in [-0.25, -0.2) is 0 Å². The number of benzene rings is 2. The SMILES string of the molecule is COc1ccc2c(c1)CCN(Cc1ccc(-c3ccc(C(F)(F)F)cc3)s1)CC2. The lowest BCUT2D eigenvalue weighted by Crippen LogP contribution is -2.25. The summed E-state index contributed by atoms with van der Waals surface area (Å²) in [7, 11) is 1.69. The summed E-state index contributed by atoms with van der Waals surface area (Å²) >= 11 is 1.65. The van der Waals surface area contributed by atoms with Gasteiger partial charge >= 0.3 is 6.18 Å². The maximum absolute atomic E-state index is 12.8. The van der Waals surface area contributed by atoms with Crippen molar-refractivity contribution < 1.29 is 17.9 Å². The summed E-state index contributed by atoms with van der Waals surface area (Å²) in [5.74, 6) is 0.900. The number of ether oxygens (including phenoxy) is 1. The Balaban J connectivity index is 1.42. The molecule has 0 saturated heterocycles. The van der Waals surface area contributed by atoms with Crippen LogP contribution in [0.5, 0.6) is 5.75 Å². The van der Waals surface area contributed by atoms with Gasteiger partial charge in [0.25, 0.3) is 0 Å². The number of rotatable bonds is 4. The van der Waals surface area contributed by atoms with Gasteiger partial charge in [0.05, 0.1) is 12.7 Å². The van der Waals surface area contributed by atoms with Crippen molar-refractivity contribution in [2.45, 2.75) is 25.6 Å². The van der Waals surface area contributed by atoms with E-state index in [0.29, 0.717) is 0 Å². The first-order chi connectivity index (χ1) is 13.9. The largest absolute Gasteiger partial charge is 0.497 e. The summed E-state index contributed by atoms with van der Waals surface area (Å²) in [6.45, 7) is 2.83. The van der Waals surface area contributed by atoms with E-state index >= 15 is 0 Å². The molecule has 0 amide bonds. The Bertz CT molecular complexity index is 979. The summed E-state index contributed by atoms with van der Waals surface area (Å²) in [5, 5.41) is 0. The number of methoxy groups -OCH3 is 1. The third-order valence-corrected chi connectivity index (χ3v) is 6.47. The molecule has 6 heteroatoms. The smallest absolute Gasteiger partial charge is 0.416 e. The van der Waals surface area contributed by atoms with Gasteiger partial charge in [0, 0.05) is 29.4 Å². The molecule has 4 rings (SSSR count). The Morgan fingerprint density at radius 3 is 2.34 bits per heavy atom. The van der Waals surface area contributed by atoms with Crippen molar-refractivity contribution in [3.05, 3.63) is 76.2 Å². The third kappa shape index (κ3) is 4.65. The predicted octanol–water partition coefficient (Wildman–Crippen LogP) is 6.04. The number of hydrogen-bond acceptors (Lipinski definition) is 3. The van der Waals surface area contributed by atoms with Gasteiger partial charge < -0.3 is 4.74 Å². The van der Waals surface area contributed by atoms with E-state index in [9.17, 15) is 13.2 Å². The first-order valence-electron chi connectivity index (χ1n) is 9.57. The molecule has 0 radical (unpaired) electrons. The van der Waals surface area contributed by atoms with Crippen molar-refractivity contribution in [1.82, 2.24) is 4.90 Å². The van der Waals surface area contributed by atoms with E-state index in [1.54, 1.807) is 30.6 Å². The van der Waals surface area contributed by atoms with Gasteiger partial charge in [-0.2, -0.15) is 13.2 Å². The predicted molar refractivity (Wildman–Crippen MR) is 110 cm³/mol. The van der Waals surface area contributed by atoms with Gasteiger partial charge in [-0.3, -0.25) is 4.90 Å². The Morgan fingerprint density at radius 2 is 1.66 bits per heavy atom. The molecule has 29 heavy (non-hydrogen) atoms. The molecular weight excluding hydrogens is 395 g/mol. The van der Waals surface area contributed by atoms with Crippen molar-refractivity contribution in [1.29, 1.82) is 0 Å². The monoisotopic (exact) mass is 417 g/mol. The van der Waals surface area contributed by atoms with Crippen LogP contribution in [0.15, 0.2) is 54.6 Å². The highest BCUT2D eigenvalue weighted by Gasteiger charge is 2.30. The Labute approximate surface area is 172 Å². The molecule has 0 N–H and O–H groups in total. The van der Waals surface area contributed by atoms with Crippen molar-refractivity contribution >= 4 is 11.3 Å². The van der Waals surface area contributed by atoms with Crippen LogP contribution < -0.4 is 4.74 Å². The molecule has 0 aliphatic carbocycles. The average molecular weight is 417 g/mol. The third-order valence-electron chi connectivity index (χ3n) is 5.35. The minimum atomic E-state index is -4.30. The average Bonchev–Trinajstić information content (AvgIpc) is 3.08. The minimum Gasteiger partial charge on any atom is -0.497 e. The zero-order valence-corrected chi connectivity index (χ0v) is 16.9. The van der Waals surface area contributed by atoms with E-state index in [1.807, 2.05) is 12.1 Å². The van der Waals surface area contributed by atoms with Crippen LogP contribution in [0.4, 0.5) is 13.2 Å². The van der Waals surface area contributed by atoms with Gasteiger partial charge in [0.15, 0.2) is 0 Å². The normalized spacial score (nSPS) is 15.0. The van der Waals surface area contributed by atoms with Crippen molar-refractivity contribution in [3.63, 3.8) is 0 Å². The fourth-order valence-corrected chi connectivity index (χ4v) is 4.75. The van der Waals surface area contributed by atoms with Crippen LogP contribution in [0.25, 0.3) is 10.4 Å². The molecule has 2 heterocycles. The Hall–Kier alpha value is -2.31. The van der Waals surface area contributed by atoms with E-state index < -0.39 is 11.7 Å². The number of thiophene rings is 1. The molecule has 2 nitrogen and oxygen atoms in total. The molecule has 0 fully saturated rings. The Morgan fingerprint density at radius 1 is 0.931 bits per heavy atom. The molecule has 0 atom stereocenters. The maximum atomic E-state index is 12.8. The van der Waals surface area contributed by atoms with E-state index in [0.717, 1.165) is 60.8 Å². The molecule has 2 aromatic carbocycles. The van der Waals surface area contributed by atoms with E-state index in [-0.39, 0.29) is 0 Å². The molecule has 1 aliphatic heterocycles. The molecule has 1 aliphatic rings. The Kier molecular flexibility index (Phi) is 5.65. The van der Waals surface area contributed by atoms with E-state index in [1.165, 1.54) is 16.0 Å². The summed E-state index contributed by atoms with van der Waals surface area (Å²) < 4.78 is 43.6. The van der Waals surface area contributed by atoms with Crippen LogP contribution in [-0.4, -0.2) is 25.1 Å². The fraction of sp³-hybridized carbons (Fsp3) is 0.304. The molecule has 0 unspecified atom stereocenters. The van der Waals surface area contributed by atoms with Crippen LogP contribution in [0, 0.1) is 0 Å². The van der Waals surface area contributed by atoms with Gasteiger partial charge in [-0.15, -0.1) is 11.3 Å². The maximum Gasteiger partial charge on any atom is 0.416 e. The first-order valence-corrected chi connectivity index (χ1v) is 10.4. The van der Waals surface area contributed by atoms with Crippen molar-refractivity contribution in [2.75, 3.05) is 20.2 Å². The molecule has 3 aromatic rings. The van der Waals surface area contributed by atoms with Crippen LogP contribution in [0.2, 0.25) is 0 Å². The molecule has 1 aromatic heterocycles. The summed E-state index contributed by atoms with van der Waals surface area (Å²) in [5.41, 5.74) is 2.94. The molecule has 0 saturated carbocycles. The number of hydrogen-bond donors (Lipinski definition) is 0. The van der Waals surface area contributed by atoms with Crippen LogP contribution in [0.3, 0.4) is 0 Å². The second-order valence-corrected chi connectivity index (χ2v) is 8.42. The zero-order valence-electron chi connectivity index (χ0n) is 16.1. The van der Waals surface area contributed by atoms with Crippen molar-refractivity contribution in [3.8, 4) is 16.2 Å². The van der Waals surface area contributed by atoms with Crippen molar-refractivity contribution in [2.24, 2.45) is 0 Å². The summed E-state index contributed by atoms with van der Waals surface area (Å²) in [6, 6.07) is 15.8. The minimum absolute atomic E-state index is 0.612. The highest BCUT2D eigenvalue weighted by Crippen LogP contribution is 2.33. The molecule has 0 bridgehead atoms. The lowest BCUT2D eigenvalue weighted by molar-refractivity contribution is -0.137. The van der Waals surface area contributed by atoms with Gasteiger partial charge in [-0.05, 0) is 65.9 Å². The number of alkyl halides is 3. The van der Waals surface area contributed by atoms with E-state index in [2.05, 4.69) is 23.1 Å². The highest BCUT2D eigenvalue weighted by molar-refractivity contribution is 7.15. The van der Waals surface area contributed by atoms with Gasteiger partial charge in [-0.1, -0.05) is 18.2 Å². The van der Waals surface area contributed by atoms with Crippen LogP contribution in [-0.2, 0) is 25.6 Å². The van der Waals surface area contributed by atoms with Gasteiger partial charge in [0.1, 0.15) is 5.75 Å². The fourth-order valence-electron chi connectivity index (χ4n) is 3.69. The highest BCUT2D eigenvalue weighted by atomic mass is 32.1. The zero-order chi connectivity index (χ0) is 20.4. The lowest BCUT2D eigenvalue weighted by Gasteiger charge is -2.18.